The zero-order chi connectivity index (χ0) is 52.9. The van der Waals surface area contributed by atoms with E-state index < -0.39 is 23.6 Å². The number of amides is 4. The van der Waals surface area contributed by atoms with Gasteiger partial charge in [-0.15, -0.1) is 11.3 Å². The standard InChI is InChI=1S/C59H72N6O8S/c1-37(19-18-22-52-39(3)60-36-74-52)38(2)61-57(69)49-32-42(66)35-65(49)58(70)56(59(4,5)6)64-53(67)23-14-12-10-9-11-13-17-30-73-43-27-24-40(25-28-43)48-33-45(41-26-29-50(71-7)51(31-41)72-8)46-34-54(68)62-47-21-16-15-20-44(47)55(46)63-48/h15-16,18-22,24-29,31,33,36,38,42,49,56,66H,9-14,17,23,30,32,34-35H2,1-8H3,(H,61,69)(H,62,68)(H,64,67)/b22-18+,37-19+/t38-,42+,49-,56+/m0/s1. The van der Waals surface area contributed by atoms with E-state index in [1.165, 1.54) is 4.90 Å². The van der Waals surface area contributed by atoms with Crippen molar-refractivity contribution >= 4 is 46.7 Å². The Morgan fingerprint density at radius 2 is 1.61 bits per heavy atom. The molecule has 0 unspecified atom stereocenters. The summed E-state index contributed by atoms with van der Waals surface area (Å²) in [4.78, 5) is 66.1. The van der Waals surface area contributed by atoms with Gasteiger partial charge in [-0.1, -0.05) is 94.9 Å². The van der Waals surface area contributed by atoms with Crippen molar-refractivity contribution in [1.29, 1.82) is 0 Å². The van der Waals surface area contributed by atoms with Crippen molar-refractivity contribution in [2.45, 2.75) is 130 Å². The SMILES string of the molecule is COc1ccc(-c2cc(-c3ccc(OCCCCCCCCCC(=O)N[C@H](C(=O)N4C[C@H](O)C[C@H]4C(=O)N[C@@H](C)/C(C)=C/C=C/c4scnc4C)C(C)(C)C)cc3)nc3c2CC(=O)Nc2ccccc2-3)cc1OC. The van der Waals surface area contributed by atoms with E-state index in [4.69, 9.17) is 19.2 Å². The van der Waals surface area contributed by atoms with E-state index in [1.54, 1.807) is 31.1 Å². The highest BCUT2D eigenvalue weighted by Gasteiger charge is 2.44. The van der Waals surface area contributed by atoms with Gasteiger partial charge in [0, 0.05) is 41.4 Å². The number of para-hydroxylation sites is 1. The number of carbonyl (C=O) groups excluding carboxylic acids is 4. The van der Waals surface area contributed by atoms with E-state index in [0.717, 1.165) is 105 Å². The van der Waals surface area contributed by atoms with Gasteiger partial charge in [0.25, 0.3) is 0 Å². The summed E-state index contributed by atoms with van der Waals surface area (Å²) >= 11 is 1.56. The predicted octanol–water partition coefficient (Wildman–Crippen LogP) is 10.5. The van der Waals surface area contributed by atoms with Gasteiger partial charge in [-0.05, 0) is 110 Å². The molecule has 1 fully saturated rings. The summed E-state index contributed by atoms with van der Waals surface area (Å²) in [6.07, 6.45) is 12.3. The number of allylic oxidation sites excluding steroid dienone is 2. The van der Waals surface area contributed by atoms with Crippen molar-refractivity contribution < 1.29 is 38.5 Å². The van der Waals surface area contributed by atoms with Crippen LogP contribution in [0.25, 0.3) is 39.7 Å². The molecule has 4 amide bonds. The van der Waals surface area contributed by atoms with Gasteiger partial charge in [-0.3, -0.25) is 19.2 Å². The van der Waals surface area contributed by atoms with Gasteiger partial charge < -0.3 is 40.2 Å². The molecule has 5 aromatic rings. The second-order valence-corrected chi connectivity index (χ2v) is 21.3. The first-order chi connectivity index (χ1) is 35.5. The predicted molar refractivity (Wildman–Crippen MR) is 293 cm³/mol. The van der Waals surface area contributed by atoms with Crippen LogP contribution in [0.4, 0.5) is 5.69 Å². The molecule has 1 saturated heterocycles. The summed E-state index contributed by atoms with van der Waals surface area (Å²) in [5.74, 6) is 0.981. The number of ether oxygens (including phenoxy) is 3. The summed E-state index contributed by atoms with van der Waals surface area (Å²) in [6, 6.07) is 21.5. The molecule has 392 valence electrons. The molecular weight excluding hydrogens is 953 g/mol. The largest absolute Gasteiger partial charge is 0.494 e. The Hall–Kier alpha value is -6.84. The molecule has 2 aliphatic rings. The van der Waals surface area contributed by atoms with E-state index in [-0.39, 0.29) is 49.1 Å². The maximum atomic E-state index is 14.1. The van der Waals surface area contributed by atoms with Crippen LogP contribution >= 0.6 is 11.3 Å². The van der Waals surface area contributed by atoms with Crippen LogP contribution in [0.1, 0.15) is 109 Å². The Morgan fingerprint density at radius 1 is 0.905 bits per heavy atom. The van der Waals surface area contributed by atoms with E-state index in [1.807, 2.05) is 133 Å². The molecule has 0 saturated carbocycles. The molecule has 7 rings (SSSR count). The molecular formula is C59H72N6O8S. The number of benzene rings is 3. The first-order valence-corrected chi connectivity index (χ1v) is 26.6. The zero-order valence-electron chi connectivity index (χ0n) is 44.1. The van der Waals surface area contributed by atoms with Crippen LogP contribution in [0.5, 0.6) is 17.2 Å². The number of aromatic nitrogens is 2. The summed E-state index contributed by atoms with van der Waals surface area (Å²) in [5.41, 5.74) is 9.69. The van der Waals surface area contributed by atoms with Gasteiger partial charge >= 0.3 is 0 Å². The third kappa shape index (κ3) is 14.1. The monoisotopic (exact) mass is 1020 g/mol. The van der Waals surface area contributed by atoms with Gasteiger partial charge in [0.1, 0.15) is 17.8 Å². The van der Waals surface area contributed by atoms with Crippen molar-refractivity contribution in [1.82, 2.24) is 25.5 Å². The smallest absolute Gasteiger partial charge is 0.246 e. The third-order valence-electron chi connectivity index (χ3n) is 13.8. The van der Waals surface area contributed by atoms with Crippen molar-refractivity contribution in [3.8, 4) is 50.9 Å². The number of thiazole rings is 1. The Bertz CT molecular complexity index is 2830. The summed E-state index contributed by atoms with van der Waals surface area (Å²) in [5, 5.41) is 19.7. The van der Waals surface area contributed by atoms with E-state index >= 15 is 0 Å². The van der Waals surface area contributed by atoms with E-state index in [2.05, 4.69) is 20.9 Å². The van der Waals surface area contributed by atoms with Crippen molar-refractivity contribution in [3.63, 3.8) is 0 Å². The average molecular weight is 1030 g/mol. The molecule has 0 bridgehead atoms. The number of aliphatic hydroxyl groups is 1. The highest BCUT2D eigenvalue weighted by Crippen LogP contribution is 2.42. The topological polar surface area (TPSA) is 181 Å². The van der Waals surface area contributed by atoms with Crippen LogP contribution in [-0.4, -0.2) is 95.2 Å². The zero-order valence-corrected chi connectivity index (χ0v) is 44.9. The second-order valence-electron chi connectivity index (χ2n) is 20.4. The fourth-order valence-electron chi connectivity index (χ4n) is 9.40. The van der Waals surface area contributed by atoms with Gasteiger partial charge in [-0.2, -0.15) is 0 Å². The number of aliphatic hydroxyl groups excluding tert-OH is 1. The lowest BCUT2D eigenvalue weighted by Gasteiger charge is -2.35. The number of rotatable bonds is 22. The number of fused-ring (bicyclic) bond motifs is 3. The Balaban J connectivity index is 0.844. The molecule has 4 N–H and O–H groups in total. The van der Waals surface area contributed by atoms with Crippen LogP contribution < -0.4 is 30.2 Å². The van der Waals surface area contributed by atoms with E-state index in [0.29, 0.717) is 30.9 Å². The number of unbranched alkanes of at least 4 members (excludes halogenated alkanes) is 6. The lowest BCUT2D eigenvalue weighted by Crippen LogP contribution is -2.58. The minimum Gasteiger partial charge on any atom is -0.494 e. The van der Waals surface area contributed by atoms with Gasteiger partial charge in [-0.25, -0.2) is 9.97 Å². The first-order valence-electron chi connectivity index (χ1n) is 25.8. The number of nitrogens with one attached hydrogen (secondary N) is 3. The minimum atomic E-state index is -0.860. The Morgan fingerprint density at radius 3 is 2.31 bits per heavy atom. The maximum Gasteiger partial charge on any atom is 0.246 e. The molecule has 74 heavy (non-hydrogen) atoms. The van der Waals surface area contributed by atoms with Crippen LogP contribution in [-0.2, 0) is 25.6 Å². The Kier molecular flexibility index (Phi) is 18.9. The number of likely N-dealkylation sites (tertiary alicyclic amines) is 1. The molecule has 0 spiro atoms. The Labute approximate surface area is 440 Å². The average Bonchev–Trinajstić information content (AvgIpc) is 3.95. The summed E-state index contributed by atoms with van der Waals surface area (Å²) < 4.78 is 17.3. The highest BCUT2D eigenvalue weighted by atomic mass is 32.1. The summed E-state index contributed by atoms with van der Waals surface area (Å²) in [7, 11) is 3.21. The molecule has 3 aromatic carbocycles. The van der Waals surface area contributed by atoms with Gasteiger partial charge in [0.2, 0.25) is 23.6 Å². The fraction of sp³-hybridized carbons (Fsp3) is 0.424. The maximum absolute atomic E-state index is 14.1. The van der Waals surface area contributed by atoms with Crippen molar-refractivity contribution in [2.75, 3.05) is 32.7 Å². The van der Waals surface area contributed by atoms with Crippen molar-refractivity contribution in [2.24, 2.45) is 5.41 Å². The first kappa shape index (κ1) is 54.9. The number of carbonyl (C=O) groups is 4. The normalized spacial score (nSPS) is 16.4. The van der Waals surface area contributed by atoms with Crippen LogP contribution in [0.2, 0.25) is 0 Å². The van der Waals surface area contributed by atoms with Crippen LogP contribution in [0.3, 0.4) is 0 Å². The lowest BCUT2D eigenvalue weighted by molar-refractivity contribution is -0.144. The number of hydrogen-bond donors (Lipinski definition) is 4. The number of β-amino-alcohol motifs (C(OH)–C–C–N with tert-alkyl or cyclic N) is 1. The molecule has 4 atom stereocenters. The van der Waals surface area contributed by atoms with Gasteiger partial charge in [0.05, 0.1) is 61.6 Å². The minimum absolute atomic E-state index is 0.0264. The number of nitrogens with zero attached hydrogens (tertiary/aromatic N) is 3. The van der Waals surface area contributed by atoms with E-state index in [9.17, 15) is 24.3 Å². The summed E-state index contributed by atoms with van der Waals surface area (Å²) in [6.45, 7) is 12.1. The number of methoxy groups -OCH3 is 2. The van der Waals surface area contributed by atoms with Crippen molar-refractivity contribution in [3.05, 3.63) is 112 Å². The number of anilines is 1. The van der Waals surface area contributed by atoms with Crippen LogP contribution in [0.15, 0.2) is 96.0 Å². The molecule has 0 radical (unpaired) electrons. The fourth-order valence-corrected chi connectivity index (χ4v) is 10.1. The number of hydrogen-bond acceptors (Lipinski definition) is 11. The van der Waals surface area contributed by atoms with Gasteiger partial charge in [0.15, 0.2) is 11.5 Å². The highest BCUT2D eigenvalue weighted by molar-refractivity contribution is 7.10. The second kappa shape index (κ2) is 25.4. The quantitative estimate of drug-likeness (QED) is 0.0385. The number of pyridine rings is 1. The van der Waals surface area contributed by atoms with Crippen LogP contribution in [0, 0.1) is 12.3 Å². The lowest BCUT2D eigenvalue weighted by atomic mass is 9.85. The molecule has 4 heterocycles. The molecule has 0 aliphatic carbocycles. The third-order valence-corrected chi connectivity index (χ3v) is 14.7. The molecule has 14 nitrogen and oxygen atoms in total. The molecule has 2 aromatic heterocycles. The molecule has 15 heteroatoms. The molecule has 2 aliphatic heterocycles. The number of aryl methyl sites for hydroxylation is 1.